The molecule has 15 heavy (non-hydrogen) atoms. The highest BCUT2D eigenvalue weighted by Gasteiger charge is 2.11. The normalized spacial score (nSPS) is 9.67. The van der Waals surface area contributed by atoms with Gasteiger partial charge in [0, 0.05) is 5.56 Å². The van der Waals surface area contributed by atoms with E-state index in [2.05, 4.69) is 19.9 Å². The first kappa shape index (κ1) is 9.23. The zero-order valence-corrected chi connectivity index (χ0v) is 7.35. The van der Waals surface area contributed by atoms with Crippen molar-refractivity contribution >= 4 is 11.9 Å². The van der Waals surface area contributed by atoms with Crippen molar-refractivity contribution in [3.8, 4) is 11.3 Å². The summed E-state index contributed by atoms with van der Waals surface area (Å²) in [7, 11) is 0. The number of benzene rings is 1. The quantitative estimate of drug-likeness (QED) is 0.554. The van der Waals surface area contributed by atoms with Crippen LogP contribution in [0.25, 0.3) is 11.3 Å². The van der Waals surface area contributed by atoms with Crippen molar-refractivity contribution in [3.05, 3.63) is 30.1 Å². The van der Waals surface area contributed by atoms with Crippen LogP contribution >= 0.6 is 0 Å². The molecule has 74 valence electrons. The van der Waals surface area contributed by atoms with E-state index in [4.69, 9.17) is 0 Å². The van der Waals surface area contributed by atoms with Crippen molar-refractivity contribution in [2.24, 2.45) is 4.99 Å². The lowest BCUT2D eigenvalue weighted by molar-refractivity contribution is 0.309. The summed E-state index contributed by atoms with van der Waals surface area (Å²) in [5, 5.41) is 6.89. The molecular weight excluding hydrogens is 201 g/mol. The zero-order valence-electron chi connectivity index (χ0n) is 7.35. The predicted octanol–water partition coefficient (Wildman–Crippen LogP) is 1.84. The smallest absolute Gasteiger partial charge is 0.242 e. The van der Waals surface area contributed by atoms with E-state index in [9.17, 15) is 9.18 Å². The van der Waals surface area contributed by atoms with Crippen LogP contribution in [0, 0.1) is 5.82 Å². The second-order valence-corrected chi connectivity index (χ2v) is 2.65. The second-order valence-electron chi connectivity index (χ2n) is 2.65. The number of hydrogen-bond donors (Lipinski definition) is 0. The van der Waals surface area contributed by atoms with Crippen molar-refractivity contribution in [1.29, 1.82) is 0 Å². The molecule has 1 aromatic carbocycles. The van der Waals surface area contributed by atoms with Gasteiger partial charge in [-0.1, -0.05) is 12.1 Å². The molecule has 0 fully saturated rings. The summed E-state index contributed by atoms with van der Waals surface area (Å²) in [5.74, 6) is -0.438. The lowest BCUT2D eigenvalue weighted by atomic mass is 10.1. The molecule has 0 radical (unpaired) electrons. The van der Waals surface area contributed by atoms with Crippen molar-refractivity contribution in [2.75, 3.05) is 0 Å². The fraction of sp³-hybridized carbons (Fsp3) is 0. The van der Waals surface area contributed by atoms with E-state index < -0.39 is 5.82 Å². The van der Waals surface area contributed by atoms with Gasteiger partial charge in [0.15, 0.2) is 5.69 Å². The van der Waals surface area contributed by atoms with E-state index in [1.807, 2.05) is 0 Å². The molecule has 5 nitrogen and oxygen atoms in total. The lowest BCUT2D eigenvalue weighted by Gasteiger charge is -1.94. The molecule has 1 aromatic heterocycles. The van der Waals surface area contributed by atoms with E-state index >= 15 is 0 Å². The molecule has 0 amide bonds. The molecule has 6 heteroatoms. The lowest BCUT2D eigenvalue weighted by Crippen LogP contribution is -1.80. The largest absolute Gasteiger partial charge is 0.242 e. The fourth-order valence-electron chi connectivity index (χ4n) is 1.12. The van der Waals surface area contributed by atoms with E-state index in [0.29, 0.717) is 5.56 Å². The SMILES string of the molecule is O=C=Nc1nonc1-c1cccc(F)c1. The van der Waals surface area contributed by atoms with Gasteiger partial charge in [0.2, 0.25) is 11.9 Å². The maximum absolute atomic E-state index is 12.9. The summed E-state index contributed by atoms with van der Waals surface area (Å²) in [6.07, 6.45) is 1.31. The van der Waals surface area contributed by atoms with Crippen molar-refractivity contribution < 1.29 is 13.8 Å². The molecule has 0 N–H and O–H groups in total. The number of aliphatic imine (C=N–C) groups is 1. The monoisotopic (exact) mass is 205 g/mol. The molecule has 1 heterocycles. The molecule has 0 aliphatic heterocycles. The second kappa shape index (κ2) is 3.81. The number of isocyanates is 1. The summed E-state index contributed by atoms with van der Waals surface area (Å²) in [6.45, 7) is 0. The Kier molecular flexibility index (Phi) is 2.35. The van der Waals surface area contributed by atoms with Gasteiger partial charge in [-0.25, -0.2) is 13.8 Å². The third kappa shape index (κ3) is 1.79. The van der Waals surface area contributed by atoms with Crippen LogP contribution in [-0.4, -0.2) is 16.4 Å². The molecule has 0 saturated carbocycles. The zero-order chi connectivity index (χ0) is 10.7. The molecule has 2 aromatic rings. The number of hydrogen-bond acceptors (Lipinski definition) is 5. The third-order valence-corrected chi connectivity index (χ3v) is 1.72. The Morgan fingerprint density at radius 3 is 3.00 bits per heavy atom. The van der Waals surface area contributed by atoms with Crippen LogP contribution in [0.4, 0.5) is 10.2 Å². The van der Waals surface area contributed by atoms with Crippen LogP contribution in [-0.2, 0) is 4.79 Å². The highest BCUT2D eigenvalue weighted by molar-refractivity contribution is 5.69. The Labute approximate surface area is 83.2 Å². The Morgan fingerprint density at radius 2 is 2.27 bits per heavy atom. The average molecular weight is 205 g/mol. The molecule has 2 rings (SSSR count). The van der Waals surface area contributed by atoms with Gasteiger partial charge in [-0.3, -0.25) is 0 Å². The number of aromatic nitrogens is 2. The van der Waals surface area contributed by atoms with E-state index in [-0.39, 0.29) is 11.5 Å². The van der Waals surface area contributed by atoms with Gasteiger partial charge in [0.05, 0.1) is 0 Å². The van der Waals surface area contributed by atoms with E-state index in [0.717, 1.165) is 0 Å². The third-order valence-electron chi connectivity index (χ3n) is 1.72. The first-order valence-electron chi connectivity index (χ1n) is 3.97. The van der Waals surface area contributed by atoms with Gasteiger partial charge in [-0.15, -0.1) is 4.99 Å². The Morgan fingerprint density at radius 1 is 1.40 bits per heavy atom. The number of nitrogens with zero attached hydrogens (tertiary/aromatic N) is 3. The average Bonchev–Trinajstić information content (AvgIpc) is 2.66. The van der Waals surface area contributed by atoms with E-state index in [1.165, 1.54) is 24.3 Å². The van der Waals surface area contributed by atoms with Gasteiger partial charge < -0.3 is 0 Å². The summed E-state index contributed by atoms with van der Waals surface area (Å²) >= 11 is 0. The molecule has 0 atom stereocenters. The van der Waals surface area contributed by atoms with Gasteiger partial charge >= 0.3 is 0 Å². The Bertz CT molecular complexity index is 532. The van der Waals surface area contributed by atoms with E-state index in [1.54, 1.807) is 6.07 Å². The van der Waals surface area contributed by atoms with Gasteiger partial charge in [-0.05, 0) is 22.4 Å². The number of halogens is 1. The molecule has 0 bridgehead atoms. The van der Waals surface area contributed by atoms with Crippen LogP contribution in [0.15, 0.2) is 33.9 Å². The molecule has 0 unspecified atom stereocenters. The fourth-order valence-corrected chi connectivity index (χ4v) is 1.12. The number of carbonyl (C=O) groups excluding carboxylic acids is 1. The summed E-state index contributed by atoms with van der Waals surface area (Å²) < 4.78 is 17.3. The highest BCUT2D eigenvalue weighted by Crippen LogP contribution is 2.26. The maximum atomic E-state index is 12.9. The van der Waals surface area contributed by atoms with Crippen molar-refractivity contribution in [2.45, 2.75) is 0 Å². The Balaban J connectivity index is 2.53. The van der Waals surface area contributed by atoms with Crippen LogP contribution in [0.3, 0.4) is 0 Å². The highest BCUT2D eigenvalue weighted by atomic mass is 19.1. The number of rotatable bonds is 2. The standard InChI is InChI=1S/C9H4FN3O2/c10-7-3-1-2-6(4-7)8-9(11-5-14)13-15-12-8/h1-4H. The molecular formula is C9H4FN3O2. The van der Waals surface area contributed by atoms with Crippen molar-refractivity contribution in [1.82, 2.24) is 10.3 Å². The molecule has 0 saturated heterocycles. The van der Waals surface area contributed by atoms with Crippen LogP contribution in [0.5, 0.6) is 0 Å². The first-order chi connectivity index (χ1) is 7.31. The predicted molar refractivity (Wildman–Crippen MR) is 47.5 cm³/mol. The summed E-state index contributed by atoms with van der Waals surface area (Å²) in [5.41, 5.74) is 0.642. The van der Waals surface area contributed by atoms with Crippen molar-refractivity contribution in [3.63, 3.8) is 0 Å². The van der Waals surface area contributed by atoms with Crippen LogP contribution in [0.1, 0.15) is 0 Å². The Hall–Kier alpha value is -2.33. The topological polar surface area (TPSA) is 68.3 Å². The van der Waals surface area contributed by atoms with Gasteiger partial charge in [0.1, 0.15) is 5.82 Å². The summed E-state index contributed by atoms with van der Waals surface area (Å²) in [4.78, 5) is 13.3. The van der Waals surface area contributed by atoms with Crippen LogP contribution < -0.4 is 0 Å². The summed E-state index contributed by atoms with van der Waals surface area (Å²) in [6, 6.07) is 5.64. The first-order valence-corrected chi connectivity index (χ1v) is 3.97. The minimum absolute atomic E-state index is 0.0180. The minimum Gasteiger partial charge on any atom is -0.242 e. The van der Waals surface area contributed by atoms with Crippen LogP contribution in [0.2, 0.25) is 0 Å². The molecule has 0 aliphatic rings. The molecule has 0 spiro atoms. The maximum Gasteiger partial charge on any atom is 0.242 e. The molecule has 0 aliphatic carbocycles. The van der Waals surface area contributed by atoms with Gasteiger partial charge in [0.25, 0.3) is 0 Å². The van der Waals surface area contributed by atoms with Gasteiger partial charge in [-0.2, -0.15) is 0 Å². The minimum atomic E-state index is -0.420.